The van der Waals surface area contributed by atoms with E-state index >= 15 is 0 Å². The van der Waals surface area contributed by atoms with E-state index in [-0.39, 0.29) is 23.7 Å². The Balaban J connectivity index is 0.000000167. The van der Waals surface area contributed by atoms with Crippen molar-refractivity contribution in [3.63, 3.8) is 0 Å². The Bertz CT molecular complexity index is 1590. The summed E-state index contributed by atoms with van der Waals surface area (Å²) in [6, 6.07) is 36.6. The van der Waals surface area contributed by atoms with Crippen molar-refractivity contribution in [2.45, 2.75) is 62.9 Å². The number of benzene rings is 4. The summed E-state index contributed by atoms with van der Waals surface area (Å²) < 4.78 is 22.6. The Kier molecular flexibility index (Phi) is 11.6. The van der Waals surface area contributed by atoms with Crippen LogP contribution >= 0.6 is 0 Å². The molecule has 4 fully saturated rings. The summed E-state index contributed by atoms with van der Waals surface area (Å²) in [4.78, 5) is 49.1. The van der Waals surface area contributed by atoms with Crippen LogP contribution in [0.4, 0.5) is 41.9 Å². The maximum absolute atomic E-state index is 12.3. The molecule has 8 rings (SSSR count). The van der Waals surface area contributed by atoms with Crippen molar-refractivity contribution >= 4 is 47.1 Å². The molecule has 0 unspecified atom stereocenters. The lowest BCUT2D eigenvalue weighted by Crippen LogP contribution is -2.41. The number of carbonyl (C=O) groups excluding carboxylic acids is 4. The SMILES string of the molecule is O=C(Nc1ccccc1)O[C@@H]1[C@@H]2CC[C@@H](C2)[C@H]1OC(=O)Nc1ccccc1.O=C(Nc1ccccc1)O[C@H]1[C@@H]2CC[C@@H](C2)[C@@H]1OC(=O)Nc1ccccc1. The van der Waals surface area contributed by atoms with Crippen LogP contribution in [0, 0.1) is 23.7 Å². The third-order valence-corrected chi connectivity index (χ3v) is 10.6. The van der Waals surface area contributed by atoms with E-state index in [1.807, 2.05) is 72.8 Å². The van der Waals surface area contributed by atoms with E-state index in [9.17, 15) is 19.2 Å². The summed E-state index contributed by atoms with van der Waals surface area (Å²) in [6.45, 7) is 0. The lowest BCUT2D eigenvalue weighted by molar-refractivity contribution is -0.0289. The van der Waals surface area contributed by atoms with E-state index in [1.54, 1.807) is 48.5 Å². The quantitative estimate of drug-likeness (QED) is 0.131. The number of nitrogens with one attached hydrogen (secondary N) is 4. The molecular weight excluding hydrogens is 688 g/mol. The van der Waals surface area contributed by atoms with Gasteiger partial charge in [-0.2, -0.15) is 0 Å². The number of para-hydroxylation sites is 4. The first-order chi connectivity index (χ1) is 26.4. The van der Waals surface area contributed by atoms with E-state index in [1.165, 1.54) is 0 Å². The first-order valence-electron chi connectivity index (χ1n) is 18.5. The van der Waals surface area contributed by atoms with Gasteiger partial charge in [0.05, 0.1) is 0 Å². The molecule has 12 heteroatoms. The number of ether oxygens (including phenoxy) is 4. The number of rotatable bonds is 8. The molecule has 0 heterocycles. The molecule has 4 saturated carbocycles. The molecule has 4 N–H and O–H groups in total. The van der Waals surface area contributed by atoms with Crippen LogP contribution in [0.5, 0.6) is 0 Å². The van der Waals surface area contributed by atoms with E-state index in [0.717, 1.165) is 38.5 Å². The smallest absolute Gasteiger partial charge is 0.412 e. The van der Waals surface area contributed by atoms with Gasteiger partial charge in [-0.3, -0.25) is 21.3 Å². The minimum Gasteiger partial charge on any atom is -0.442 e. The zero-order valence-electron chi connectivity index (χ0n) is 29.7. The summed E-state index contributed by atoms with van der Waals surface area (Å²) in [5, 5.41) is 10.9. The van der Waals surface area contributed by atoms with E-state index < -0.39 is 48.8 Å². The largest absolute Gasteiger partial charge is 0.442 e. The van der Waals surface area contributed by atoms with Crippen molar-refractivity contribution < 1.29 is 38.1 Å². The van der Waals surface area contributed by atoms with Gasteiger partial charge in [-0.05, 0) is 87.1 Å². The van der Waals surface area contributed by atoms with Crippen molar-refractivity contribution in [3.8, 4) is 0 Å². The third-order valence-electron chi connectivity index (χ3n) is 10.6. The minimum atomic E-state index is -0.518. The van der Waals surface area contributed by atoms with Crippen molar-refractivity contribution in [1.29, 1.82) is 0 Å². The molecule has 4 aliphatic carbocycles. The van der Waals surface area contributed by atoms with Gasteiger partial charge in [-0.15, -0.1) is 0 Å². The molecule has 4 aromatic carbocycles. The van der Waals surface area contributed by atoms with Gasteiger partial charge in [0, 0.05) is 46.4 Å². The molecule has 12 nitrogen and oxygen atoms in total. The van der Waals surface area contributed by atoms with Crippen LogP contribution in [0.3, 0.4) is 0 Å². The van der Waals surface area contributed by atoms with E-state index in [0.29, 0.717) is 22.7 Å². The molecule has 0 spiro atoms. The fourth-order valence-corrected chi connectivity index (χ4v) is 8.19. The average Bonchev–Trinajstić information content (AvgIpc) is 3.98. The van der Waals surface area contributed by atoms with Crippen LogP contribution in [0.25, 0.3) is 0 Å². The topological polar surface area (TPSA) is 153 Å². The Labute approximate surface area is 313 Å². The molecular formula is C42H44N4O8. The highest BCUT2D eigenvalue weighted by atomic mass is 16.6. The number of amides is 4. The van der Waals surface area contributed by atoms with Gasteiger partial charge in [-0.1, -0.05) is 72.8 Å². The van der Waals surface area contributed by atoms with Gasteiger partial charge >= 0.3 is 24.4 Å². The minimum absolute atomic E-state index is 0.242. The number of carbonyl (C=O) groups is 4. The van der Waals surface area contributed by atoms with Gasteiger partial charge in [-0.25, -0.2) is 19.2 Å². The number of anilines is 4. The fraction of sp³-hybridized carbons (Fsp3) is 0.333. The standard InChI is InChI=1S/2C21H22N2O4/c2*24-20(22-16-7-3-1-4-8-16)26-18-14-11-12-15(13-14)19(18)27-21(25)23-17-9-5-2-6-10-17/h2*1-10,14-15,18-19H,11-13H2,(H,22,24)(H,23,25)/t2*14-,15+,18-,19-/m10/s1. The molecule has 0 aromatic heterocycles. The normalized spacial score (nSPS) is 25.6. The first-order valence-corrected chi connectivity index (χ1v) is 18.5. The maximum Gasteiger partial charge on any atom is 0.412 e. The Morgan fingerprint density at radius 2 is 0.556 bits per heavy atom. The fourth-order valence-electron chi connectivity index (χ4n) is 8.19. The Morgan fingerprint density at radius 3 is 0.759 bits per heavy atom. The van der Waals surface area contributed by atoms with Crippen LogP contribution in [0.1, 0.15) is 38.5 Å². The molecule has 280 valence electrons. The molecule has 54 heavy (non-hydrogen) atoms. The molecule has 4 aromatic rings. The second kappa shape index (κ2) is 17.2. The molecule has 4 bridgehead atoms. The monoisotopic (exact) mass is 732 g/mol. The number of fused-ring (bicyclic) bond motifs is 4. The summed E-state index contributed by atoms with van der Waals surface area (Å²) in [5.74, 6) is 0.967. The van der Waals surface area contributed by atoms with Crippen molar-refractivity contribution in [1.82, 2.24) is 0 Å². The van der Waals surface area contributed by atoms with Crippen LogP contribution in [-0.4, -0.2) is 48.8 Å². The molecule has 4 amide bonds. The molecule has 8 atom stereocenters. The highest BCUT2D eigenvalue weighted by Gasteiger charge is 2.53. The van der Waals surface area contributed by atoms with Crippen LogP contribution in [-0.2, 0) is 18.9 Å². The predicted molar refractivity (Wildman–Crippen MR) is 203 cm³/mol. The molecule has 0 saturated heterocycles. The van der Waals surface area contributed by atoms with Crippen molar-refractivity contribution in [2.75, 3.05) is 21.3 Å². The highest BCUT2D eigenvalue weighted by molar-refractivity contribution is 5.87. The van der Waals surface area contributed by atoms with Crippen molar-refractivity contribution in [2.24, 2.45) is 23.7 Å². The summed E-state index contributed by atoms with van der Waals surface area (Å²) in [5.41, 5.74) is 2.68. The Hall–Kier alpha value is -6.04. The second-order valence-corrected chi connectivity index (χ2v) is 14.1. The lowest BCUT2D eigenvalue weighted by atomic mass is 9.94. The number of hydrogen-bond acceptors (Lipinski definition) is 8. The van der Waals surface area contributed by atoms with Gasteiger partial charge in [0.15, 0.2) is 0 Å². The summed E-state index contributed by atoms with van der Waals surface area (Å²) in [6.07, 6.45) is 2.12. The molecule has 4 aliphatic rings. The predicted octanol–water partition coefficient (Wildman–Crippen LogP) is 9.30. The molecule has 0 aliphatic heterocycles. The maximum atomic E-state index is 12.3. The van der Waals surface area contributed by atoms with Crippen LogP contribution < -0.4 is 21.3 Å². The zero-order valence-corrected chi connectivity index (χ0v) is 29.7. The average molecular weight is 733 g/mol. The molecule has 0 radical (unpaired) electrons. The van der Waals surface area contributed by atoms with Crippen LogP contribution in [0.15, 0.2) is 121 Å². The third kappa shape index (κ3) is 9.30. The van der Waals surface area contributed by atoms with Gasteiger partial charge in [0.25, 0.3) is 0 Å². The van der Waals surface area contributed by atoms with Crippen molar-refractivity contribution in [3.05, 3.63) is 121 Å². The Morgan fingerprint density at radius 1 is 0.352 bits per heavy atom. The highest BCUT2D eigenvalue weighted by Crippen LogP contribution is 2.49. The van der Waals surface area contributed by atoms with Gasteiger partial charge in [0.2, 0.25) is 0 Å². The summed E-state index contributed by atoms with van der Waals surface area (Å²) in [7, 11) is 0. The zero-order chi connectivity index (χ0) is 37.3. The second-order valence-electron chi connectivity index (χ2n) is 14.1. The van der Waals surface area contributed by atoms with E-state index in [2.05, 4.69) is 21.3 Å². The van der Waals surface area contributed by atoms with Gasteiger partial charge in [0.1, 0.15) is 24.4 Å². The van der Waals surface area contributed by atoms with Gasteiger partial charge < -0.3 is 18.9 Å². The number of hydrogen-bond donors (Lipinski definition) is 4. The summed E-state index contributed by atoms with van der Waals surface area (Å²) >= 11 is 0. The van der Waals surface area contributed by atoms with Crippen LogP contribution in [0.2, 0.25) is 0 Å². The van der Waals surface area contributed by atoms with E-state index in [4.69, 9.17) is 18.9 Å². The first kappa shape index (κ1) is 36.3. The lowest BCUT2D eigenvalue weighted by Gasteiger charge is -2.30.